The number of carboxylic acid groups (broad SMARTS) is 1. The summed E-state index contributed by atoms with van der Waals surface area (Å²) in [6.07, 6.45) is 0. The van der Waals surface area contributed by atoms with Gasteiger partial charge in [0.15, 0.2) is 11.5 Å². The first-order valence-corrected chi connectivity index (χ1v) is 10.4. The minimum Gasteiger partial charge on any atom is -0.507 e. The molecule has 0 saturated heterocycles. The molecule has 33 heavy (non-hydrogen) atoms. The number of fused-ring (bicyclic) bond motifs is 2. The molecule has 2 aliphatic heterocycles. The van der Waals surface area contributed by atoms with Gasteiger partial charge in [0, 0.05) is 17.3 Å². The standard InChI is InChI=1S/C25H21NO7/c1-14-5-4-6-15(23(29)30)16(14)11-26-19-8-3-2-7-17(19)25(12-27,24(26)31)18-9-21-22(10-20(18)28)33-13-32-21/h2-10,27-28H,11-13H2,1H3,(H,29,30). The van der Waals surface area contributed by atoms with E-state index < -0.39 is 23.9 Å². The fraction of sp³-hybridized carbons (Fsp3) is 0.200. The number of aromatic carboxylic acids is 1. The van der Waals surface area contributed by atoms with Crippen LogP contribution in [0.15, 0.2) is 54.6 Å². The molecule has 0 radical (unpaired) electrons. The van der Waals surface area contributed by atoms with Crippen LogP contribution in [-0.4, -0.2) is 40.6 Å². The highest BCUT2D eigenvalue weighted by Crippen LogP contribution is 2.51. The van der Waals surface area contributed by atoms with Crippen LogP contribution >= 0.6 is 0 Å². The van der Waals surface area contributed by atoms with E-state index in [1.54, 1.807) is 43.3 Å². The van der Waals surface area contributed by atoms with Crippen molar-refractivity contribution in [1.82, 2.24) is 0 Å². The monoisotopic (exact) mass is 447 g/mol. The molecule has 3 N–H and O–H groups in total. The first kappa shape index (κ1) is 20.8. The average molecular weight is 447 g/mol. The van der Waals surface area contributed by atoms with Crippen LogP contribution in [-0.2, 0) is 16.8 Å². The van der Waals surface area contributed by atoms with Gasteiger partial charge in [0.05, 0.1) is 18.7 Å². The lowest BCUT2D eigenvalue weighted by molar-refractivity contribution is -0.123. The maximum atomic E-state index is 14.0. The number of carbonyl (C=O) groups excluding carboxylic acids is 1. The van der Waals surface area contributed by atoms with Gasteiger partial charge < -0.3 is 29.7 Å². The van der Waals surface area contributed by atoms with E-state index in [4.69, 9.17) is 9.47 Å². The molecular weight excluding hydrogens is 426 g/mol. The lowest BCUT2D eigenvalue weighted by Gasteiger charge is -2.28. The van der Waals surface area contributed by atoms with E-state index in [-0.39, 0.29) is 30.2 Å². The highest BCUT2D eigenvalue weighted by Gasteiger charge is 2.53. The molecule has 1 amide bonds. The minimum atomic E-state index is -1.59. The molecule has 3 aromatic carbocycles. The number of phenols is 1. The first-order valence-electron chi connectivity index (χ1n) is 10.4. The normalized spacial score (nSPS) is 18.5. The van der Waals surface area contributed by atoms with Crippen molar-refractivity contribution in [3.05, 3.63) is 82.4 Å². The van der Waals surface area contributed by atoms with Gasteiger partial charge in [0.25, 0.3) is 0 Å². The van der Waals surface area contributed by atoms with Crippen LogP contribution < -0.4 is 14.4 Å². The second-order valence-corrected chi connectivity index (χ2v) is 8.10. The third kappa shape index (κ3) is 2.95. The molecule has 8 heteroatoms. The fourth-order valence-electron chi connectivity index (χ4n) is 4.72. The summed E-state index contributed by atoms with van der Waals surface area (Å²) in [5, 5.41) is 31.1. The van der Waals surface area contributed by atoms with Gasteiger partial charge in [-0.2, -0.15) is 0 Å². The number of aliphatic hydroxyl groups is 1. The summed E-state index contributed by atoms with van der Waals surface area (Å²) in [7, 11) is 0. The van der Waals surface area contributed by atoms with E-state index in [0.29, 0.717) is 28.3 Å². The quantitative estimate of drug-likeness (QED) is 0.551. The van der Waals surface area contributed by atoms with Crippen molar-refractivity contribution < 1.29 is 34.4 Å². The molecule has 8 nitrogen and oxygen atoms in total. The van der Waals surface area contributed by atoms with Crippen molar-refractivity contribution in [1.29, 1.82) is 0 Å². The lowest BCUT2D eigenvalue weighted by atomic mass is 9.75. The Morgan fingerprint density at radius 2 is 1.79 bits per heavy atom. The number of aliphatic hydroxyl groups excluding tert-OH is 1. The molecule has 0 spiro atoms. The minimum absolute atomic E-state index is 0.00276. The number of hydrogen-bond acceptors (Lipinski definition) is 6. The molecule has 2 heterocycles. The summed E-state index contributed by atoms with van der Waals surface area (Å²) in [6.45, 7) is 1.17. The third-order valence-corrected chi connectivity index (χ3v) is 6.41. The Hall–Kier alpha value is -4.04. The molecule has 0 saturated carbocycles. The fourth-order valence-corrected chi connectivity index (χ4v) is 4.72. The van der Waals surface area contributed by atoms with Crippen LogP contribution in [0.25, 0.3) is 0 Å². The van der Waals surface area contributed by atoms with Gasteiger partial charge in [-0.25, -0.2) is 4.79 Å². The number of phenolic OH excluding ortho intramolecular Hbond substituents is 1. The third-order valence-electron chi connectivity index (χ3n) is 6.41. The first-order chi connectivity index (χ1) is 15.9. The maximum absolute atomic E-state index is 14.0. The SMILES string of the molecule is Cc1cccc(C(=O)O)c1CN1C(=O)C(CO)(c2cc3c(cc2O)OCO3)c2ccccc21. The molecular formula is C25H21NO7. The second kappa shape index (κ2) is 7.53. The summed E-state index contributed by atoms with van der Waals surface area (Å²) < 4.78 is 10.8. The number of aryl methyl sites for hydroxylation is 1. The molecule has 0 fully saturated rings. The summed E-state index contributed by atoms with van der Waals surface area (Å²) in [4.78, 5) is 27.3. The van der Waals surface area contributed by atoms with Crippen LogP contribution in [0.5, 0.6) is 17.2 Å². The van der Waals surface area contributed by atoms with Gasteiger partial charge in [-0.15, -0.1) is 0 Å². The number of para-hydroxylation sites is 1. The van der Waals surface area contributed by atoms with E-state index in [1.807, 2.05) is 0 Å². The maximum Gasteiger partial charge on any atom is 0.336 e. The van der Waals surface area contributed by atoms with Crippen LogP contribution in [0.4, 0.5) is 5.69 Å². The van der Waals surface area contributed by atoms with E-state index in [1.165, 1.54) is 23.1 Å². The molecule has 5 rings (SSSR count). The van der Waals surface area contributed by atoms with Crippen molar-refractivity contribution in [2.45, 2.75) is 18.9 Å². The Morgan fingerprint density at radius 1 is 1.06 bits per heavy atom. The highest BCUT2D eigenvalue weighted by molar-refractivity contribution is 6.11. The van der Waals surface area contributed by atoms with Crippen LogP contribution in [0.1, 0.15) is 32.6 Å². The summed E-state index contributed by atoms with van der Waals surface area (Å²) >= 11 is 0. The van der Waals surface area contributed by atoms with Gasteiger partial charge in [0.1, 0.15) is 11.2 Å². The summed E-state index contributed by atoms with van der Waals surface area (Å²) in [5.41, 5.74) is 0.980. The van der Waals surface area contributed by atoms with Gasteiger partial charge in [-0.3, -0.25) is 4.79 Å². The Morgan fingerprint density at radius 3 is 2.52 bits per heavy atom. The van der Waals surface area contributed by atoms with Crippen molar-refractivity contribution >= 4 is 17.6 Å². The van der Waals surface area contributed by atoms with Crippen molar-refractivity contribution in [3.8, 4) is 17.2 Å². The number of nitrogens with zero attached hydrogens (tertiary/aromatic N) is 1. The van der Waals surface area contributed by atoms with E-state index in [2.05, 4.69) is 0 Å². The van der Waals surface area contributed by atoms with Crippen LogP contribution in [0.3, 0.4) is 0 Å². The van der Waals surface area contributed by atoms with E-state index >= 15 is 0 Å². The van der Waals surface area contributed by atoms with Gasteiger partial charge >= 0.3 is 5.97 Å². The molecule has 0 aliphatic carbocycles. The smallest absolute Gasteiger partial charge is 0.336 e. The predicted molar refractivity (Wildman–Crippen MR) is 118 cm³/mol. The number of benzene rings is 3. The number of aromatic hydroxyl groups is 1. The molecule has 168 valence electrons. The van der Waals surface area contributed by atoms with Gasteiger partial charge in [-0.1, -0.05) is 30.3 Å². The Balaban J connectivity index is 1.69. The second-order valence-electron chi connectivity index (χ2n) is 8.10. The summed E-state index contributed by atoms with van der Waals surface area (Å²) in [5.74, 6) is -1.05. The molecule has 0 bridgehead atoms. The number of amides is 1. The number of ether oxygens (including phenoxy) is 2. The number of anilines is 1. The zero-order chi connectivity index (χ0) is 23.3. The van der Waals surface area contributed by atoms with Crippen molar-refractivity contribution in [2.75, 3.05) is 18.3 Å². The molecule has 1 unspecified atom stereocenters. The van der Waals surface area contributed by atoms with Gasteiger partial charge in [0.2, 0.25) is 12.7 Å². The highest BCUT2D eigenvalue weighted by atomic mass is 16.7. The summed E-state index contributed by atoms with van der Waals surface area (Å²) in [6, 6.07) is 14.8. The Labute approximate surface area is 189 Å². The molecule has 3 aromatic rings. The lowest BCUT2D eigenvalue weighted by Crippen LogP contribution is -2.44. The van der Waals surface area contributed by atoms with E-state index in [9.17, 15) is 24.9 Å². The molecule has 0 aromatic heterocycles. The number of rotatable bonds is 5. The van der Waals surface area contributed by atoms with Crippen LogP contribution in [0, 0.1) is 6.92 Å². The Kier molecular flexibility index (Phi) is 4.75. The average Bonchev–Trinajstić information content (AvgIpc) is 3.35. The number of carboxylic acids is 1. The number of carbonyl (C=O) groups is 2. The zero-order valence-corrected chi connectivity index (χ0v) is 17.7. The molecule has 1 atom stereocenters. The molecule has 2 aliphatic rings. The topological polar surface area (TPSA) is 117 Å². The largest absolute Gasteiger partial charge is 0.507 e. The zero-order valence-electron chi connectivity index (χ0n) is 17.7. The Bertz CT molecular complexity index is 1300. The van der Waals surface area contributed by atoms with Crippen molar-refractivity contribution in [2.24, 2.45) is 0 Å². The van der Waals surface area contributed by atoms with E-state index in [0.717, 1.165) is 5.56 Å². The van der Waals surface area contributed by atoms with Crippen molar-refractivity contribution in [3.63, 3.8) is 0 Å². The number of hydrogen-bond donors (Lipinski definition) is 3. The predicted octanol–water partition coefficient (Wildman–Crippen LogP) is 2.95. The van der Waals surface area contributed by atoms with Gasteiger partial charge in [-0.05, 0) is 41.8 Å². The van der Waals surface area contributed by atoms with Crippen LogP contribution in [0.2, 0.25) is 0 Å².